The third-order valence-electron chi connectivity index (χ3n) is 4.14. The van der Waals surface area contributed by atoms with Gasteiger partial charge in [0.2, 0.25) is 5.91 Å². The molecule has 1 aromatic carbocycles. The van der Waals surface area contributed by atoms with Gasteiger partial charge in [0.15, 0.2) is 0 Å². The summed E-state index contributed by atoms with van der Waals surface area (Å²) in [4.78, 5) is 14.3. The number of halogens is 1. The zero-order valence-electron chi connectivity index (χ0n) is 13.3. The number of hydrogen-bond donors (Lipinski definition) is 1. The molecule has 1 heterocycles. The van der Waals surface area contributed by atoms with E-state index in [4.69, 9.17) is 4.74 Å². The standard InChI is InChI=1S/C17H25FN2O2/c1-3-16(17(21)20-8-10-22-11-9-20)19-12-13(2)14-4-6-15(18)7-5-14/h4-7,13,16,19H,3,8-12H2,1-2H3/t13-,16+/m1/s1. The predicted molar refractivity (Wildman–Crippen MR) is 84.3 cm³/mol. The van der Waals surface area contributed by atoms with E-state index in [1.165, 1.54) is 12.1 Å². The Labute approximate surface area is 131 Å². The van der Waals surface area contributed by atoms with Crippen LogP contribution in [0.4, 0.5) is 4.39 Å². The highest BCUT2D eigenvalue weighted by molar-refractivity contribution is 5.81. The average molecular weight is 308 g/mol. The molecule has 1 aliphatic heterocycles. The Hall–Kier alpha value is -1.46. The van der Waals surface area contributed by atoms with Crippen LogP contribution < -0.4 is 5.32 Å². The SMILES string of the molecule is CC[C@H](NC[C@@H](C)c1ccc(F)cc1)C(=O)N1CCOCC1. The number of amides is 1. The first-order valence-electron chi connectivity index (χ1n) is 7.97. The average Bonchev–Trinajstić information content (AvgIpc) is 2.56. The van der Waals surface area contributed by atoms with Crippen LogP contribution in [0.3, 0.4) is 0 Å². The molecule has 1 aromatic rings. The van der Waals surface area contributed by atoms with Gasteiger partial charge >= 0.3 is 0 Å². The Morgan fingerprint density at radius 1 is 1.32 bits per heavy atom. The van der Waals surface area contributed by atoms with Crippen LogP contribution in [-0.2, 0) is 9.53 Å². The first-order valence-corrected chi connectivity index (χ1v) is 7.97. The summed E-state index contributed by atoms with van der Waals surface area (Å²) in [5, 5.41) is 3.35. The van der Waals surface area contributed by atoms with Gasteiger partial charge in [0.05, 0.1) is 19.3 Å². The molecule has 0 unspecified atom stereocenters. The summed E-state index contributed by atoms with van der Waals surface area (Å²) in [5.41, 5.74) is 1.07. The maximum Gasteiger partial charge on any atom is 0.239 e. The summed E-state index contributed by atoms with van der Waals surface area (Å²) in [6.45, 7) is 7.36. The fourth-order valence-electron chi connectivity index (χ4n) is 2.64. The highest BCUT2D eigenvalue weighted by Gasteiger charge is 2.24. The molecule has 1 saturated heterocycles. The number of nitrogens with one attached hydrogen (secondary N) is 1. The number of carbonyl (C=O) groups is 1. The summed E-state index contributed by atoms with van der Waals surface area (Å²) in [5.74, 6) is 0.155. The molecule has 0 aliphatic carbocycles. The Bertz CT molecular complexity index is 472. The topological polar surface area (TPSA) is 41.6 Å². The number of benzene rings is 1. The number of hydrogen-bond acceptors (Lipinski definition) is 3. The summed E-state index contributed by atoms with van der Waals surface area (Å²) in [6.07, 6.45) is 0.756. The molecule has 1 N–H and O–H groups in total. The van der Waals surface area contributed by atoms with E-state index in [1.807, 2.05) is 11.8 Å². The first kappa shape index (κ1) is 16.9. The van der Waals surface area contributed by atoms with Gasteiger partial charge in [0.1, 0.15) is 5.82 Å². The van der Waals surface area contributed by atoms with Crippen molar-refractivity contribution in [2.45, 2.75) is 32.2 Å². The molecule has 0 spiro atoms. The zero-order chi connectivity index (χ0) is 15.9. The van der Waals surface area contributed by atoms with Crippen LogP contribution in [0.25, 0.3) is 0 Å². The minimum absolute atomic E-state index is 0.150. The molecule has 1 amide bonds. The van der Waals surface area contributed by atoms with Crippen LogP contribution in [0.5, 0.6) is 0 Å². The predicted octanol–water partition coefficient (Wildman–Crippen LogP) is 2.16. The smallest absolute Gasteiger partial charge is 0.239 e. The minimum atomic E-state index is -0.224. The van der Waals surface area contributed by atoms with E-state index in [0.717, 1.165) is 12.0 Å². The quantitative estimate of drug-likeness (QED) is 0.875. The van der Waals surface area contributed by atoms with E-state index < -0.39 is 0 Å². The van der Waals surface area contributed by atoms with E-state index in [2.05, 4.69) is 12.2 Å². The van der Waals surface area contributed by atoms with Gasteiger partial charge in [-0.25, -0.2) is 4.39 Å². The normalized spacial score (nSPS) is 18.0. The molecule has 0 saturated carbocycles. The van der Waals surface area contributed by atoms with Crippen molar-refractivity contribution >= 4 is 5.91 Å². The van der Waals surface area contributed by atoms with Gasteiger partial charge in [0, 0.05) is 19.6 Å². The number of ether oxygens (including phenoxy) is 1. The number of morpholine rings is 1. The second-order valence-corrected chi connectivity index (χ2v) is 5.76. The second-order valence-electron chi connectivity index (χ2n) is 5.76. The molecule has 0 radical (unpaired) electrons. The van der Waals surface area contributed by atoms with Crippen LogP contribution in [0.1, 0.15) is 31.7 Å². The molecule has 0 aromatic heterocycles. The van der Waals surface area contributed by atoms with Crippen molar-refractivity contribution in [2.75, 3.05) is 32.8 Å². The molecular formula is C17H25FN2O2. The van der Waals surface area contributed by atoms with Gasteiger partial charge in [0.25, 0.3) is 0 Å². The number of nitrogens with zero attached hydrogens (tertiary/aromatic N) is 1. The Morgan fingerprint density at radius 3 is 2.55 bits per heavy atom. The van der Waals surface area contributed by atoms with E-state index in [-0.39, 0.29) is 23.7 Å². The highest BCUT2D eigenvalue weighted by atomic mass is 19.1. The van der Waals surface area contributed by atoms with Gasteiger partial charge in [-0.05, 0) is 30.0 Å². The van der Waals surface area contributed by atoms with Gasteiger partial charge in [-0.3, -0.25) is 4.79 Å². The highest BCUT2D eigenvalue weighted by Crippen LogP contribution is 2.15. The van der Waals surface area contributed by atoms with Crippen LogP contribution in [-0.4, -0.2) is 49.7 Å². The van der Waals surface area contributed by atoms with E-state index in [1.54, 1.807) is 12.1 Å². The lowest BCUT2D eigenvalue weighted by Gasteiger charge is -2.31. The Morgan fingerprint density at radius 2 is 1.95 bits per heavy atom. The summed E-state index contributed by atoms with van der Waals surface area (Å²) in [7, 11) is 0. The first-order chi connectivity index (χ1) is 10.6. The Balaban J connectivity index is 1.87. The lowest BCUT2D eigenvalue weighted by Crippen LogP contribution is -2.50. The molecule has 22 heavy (non-hydrogen) atoms. The third kappa shape index (κ3) is 4.52. The molecule has 1 fully saturated rings. The molecule has 4 nitrogen and oxygen atoms in total. The summed E-state index contributed by atoms with van der Waals surface area (Å²) < 4.78 is 18.2. The molecule has 1 aliphatic rings. The van der Waals surface area contributed by atoms with Crippen molar-refractivity contribution in [3.63, 3.8) is 0 Å². The van der Waals surface area contributed by atoms with E-state index >= 15 is 0 Å². The van der Waals surface area contributed by atoms with Crippen LogP contribution in [0, 0.1) is 5.82 Å². The lowest BCUT2D eigenvalue weighted by atomic mass is 10.0. The lowest BCUT2D eigenvalue weighted by molar-refractivity contribution is -0.137. The van der Waals surface area contributed by atoms with E-state index in [9.17, 15) is 9.18 Å². The van der Waals surface area contributed by atoms with Crippen LogP contribution >= 0.6 is 0 Å². The number of carbonyl (C=O) groups excluding carboxylic acids is 1. The summed E-state index contributed by atoms with van der Waals surface area (Å²) >= 11 is 0. The minimum Gasteiger partial charge on any atom is -0.378 e. The monoisotopic (exact) mass is 308 g/mol. The zero-order valence-corrected chi connectivity index (χ0v) is 13.3. The van der Waals surface area contributed by atoms with Gasteiger partial charge in [-0.1, -0.05) is 26.0 Å². The van der Waals surface area contributed by atoms with Crippen molar-refractivity contribution in [1.29, 1.82) is 0 Å². The van der Waals surface area contributed by atoms with Crippen molar-refractivity contribution < 1.29 is 13.9 Å². The molecule has 5 heteroatoms. The van der Waals surface area contributed by atoms with Crippen molar-refractivity contribution in [1.82, 2.24) is 10.2 Å². The fourth-order valence-corrected chi connectivity index (χ4v) is 2.64. The van der Waals surface area contributed by atoms with E-state index in [0.29, 0.717) is 32.8 Å². The Kier molecular flexibility index (Phi) is 6.34. The van der Waals surface area contributed by atoms with Crippen molar-refractivity contribution in [3.8, 4) is 0 Å². The van der Waals surface area contributed by atoms with Crippen molar-refractivity contribution in [2.24, 2.45) is 0 Å². The maximum atomic E-state index is 13.0. The van der Waals surface area contributed by atoms with Gasteiger partial charge in [-0.15, -0.1) is 0 Å². The second kappa shape index (κ2) is 8.25. The summed E-state index contributed by atoms with van der Waals surface area (Å²) in [6, 6.07) is 6.38. The van der Waals surface area contributed by atoms with Crippen LogP contribution in [0.15, 0.2) is 24.3 Å². The van der Waals surface area contributed by atoms with Crippen LogP contribution in [0.2, 0.25) is 0 Å². The fraction of sp³-hybridized carbons (Fsp3) is 0.588. The third-order valence-corrected chi connectivity index (χ3v) is 4.14. The molecule has 0 bridgehead atoms. The van der Waals surface area contributed by atoms with Gasteiger partial charge in [-0.2, -0.15) is 0 Å². The molecule has 2 atom stereocenters. The molecule has 122 valence electrons. The maximum absolute atomic E-state index is 13.0. The molecule has 2 rings (SSSR count). The van der Waals surface area contributed by atoms with Crippen molar-refractivity contribution in [3.05, 3.63) is 35.6 Å². The molecular weight excluding hydrogens is 283 g/mol. The largest absolute Gasteiger partial charge is 0.378 e. The van der Waals surface area contributed by atoms with Gasteiger partial charge < -0.3 is 15.0 Å². The number of rotatable bonds is 6.